The maximum absolute atomic E-state index is 11.0. The molecular weight excluding hydrogens is 564 g/mol. The lowest BCUT2D eigenvalue weighted by Crippen LogP contribution is -2.65. The van der Waals surface area contributed by atoms with E-state index in [0.717, 1.165) is 0 Å². The monoisotopic (exact) mass is 610 g/mol. The minimum absolute atomic E-state index is 0.0336. The second-order valence-electron chi connectivity index (χ2n) is 12.5. The minimum Gasteiger partial charge on any atom is -0.394 e. The van der Waals surface area contributed by atoms with E-state index < -0.39 is 105 Å². The van der Waals surface area contributed by atoms with Crippen LogP contribution in [0.25, 0.3) is 0 Å². The number of hydrogen-bond donors (Lipinski definition) is 10. The van der Waals surface area contributed by atoms with Gasteiger partial charge in [-0.3, -0.25) is 0 Å². The first-order valence-electron chi connectivity index (χ1n) is 15.0. The molecule has 0 radical (unpaired) electrons. The molecule has 18 atom stereocenters. The Morgan fingerprint density at radius 1 is 0.548 bits per heavy atom. The molecule has 0 aromatic rings. The highest BCUT2D eigenvalue weighted by Crippen LogP contribution is 2.43. The van der Waals surface area contributed by atoms with Crippen LogP contribution in [0.2, 0.25) is 0 Å². The number of aliphatic hydroxyl groups excluding tert-OH is 10. The van der Waals surface area contributed by atoms with Crippen LogP contribution in [0.1, 0.15) is 44.9 Å². The molecule has 0 aromatic carbocycles. The van der Waals surface area contributed by atoms with Crippen molar-refractivity contribution in [2.24, 2.45) is 11.8 Å². The van der Waals surface area contributed by atoms with Gasteiger partial charge in [-0.1, -0.05) is 0 Å². The maximum atomic E-state index is 11.0. The maximum Gasteiger partial charge on any atom is 0.187 e. The van der Waals surface area contributed by atoms with Crippen molar-refractivity contribution >= 4 is 0 Å². The third-order valence-corrected chi connectivity index (χ3v) is 9.69. The zero-order chi connectivity index (χ0) is 30.3. The van der Waals surface area contributed by atoms with E-state index in [1.165, 1.54) is 0 Å². The first kappa shape index (κ1) is 32.8. The van der Waals surface area contributed by atoms with Gasteiger partial charge < -0.3 is 74.7 Å². The van der Waals surface area contributed by atoms with E-state index in [-0.39, 0.29) is 24.4 Å². The molecule has 42 heavy (non-hydrogen) atoms. The Morgan fingerprint density at radius 3 is 1.86 bits per heavy atom. The van der Waals surface area contributed by atoms with Gasteiger partial charge in [0.1, 0.15) is 48.8 Å². The minimum atomic E-state index is -1.79. The Balaban J connectivity index is 1.38. The van der Waals surface area contributed by atoms with E-state index in [4.69, 9.17) is 23.7 Å². The van der Waals surface area contributed by atoms with Crippen LogP contribution in [0.5, 0.6) is 0 Å². The summed E-state index contributed by atoms with van der Waals surface area (Å²) >= 11 is 0. The Hall–Kier alpha value is -0.600. The molecule has 244 valence electrons. The summed E-state index contributed by atoms with van der Waals surface area (Å²) in [5, 5.41) is 103. The number of hydrogen-bond acceptors (Lipinski definition) is 15. The fourth-order valence-electron chi connectivity index (χ4n) is 7.16. The van der Waals surface area contributed by atoms with Gasteiger partial charge in [0, 0.05) is 0 Å². The SMILES string of the molecule is OCC1OC(OC2C(OC3CC4CCC(O)CC4OC3C3CCC(O)C(O)C3)OC(CO)C(O)C2O)C(O)C(O)C1O. The van der Waals surface area contributed by atoms with Crippen molar-refractivity contribution in [3.63, 3.8) is 0 Å². The van der Waals surface area contributed by atoms with Gasteiger partial charge in [0.15, 0.2) is 12.6 Å². The molecule has 3 saturated heterocycles. The molecule has 3 aliphatic heterocycles. The third kappa shape index (κ3) is 6.66. The van der Waals surface area contributed by atoms with Gasteiger partial charge in [0.05, 0.1) is 49.8 Å². The van der Waals surface area contributed by atoms with Crippen LogP contribution in [0, 0.1) is 11.8 Å². The average molecular weight is 611 g/mol. The second-order valence-corrected chi connectivity index (χ2v) is 12.5. The summed E-state index contributed by atoms with van der Waals surface area (Å²) in [6.07, 6.45) is -16.1. The number of fused-ring (bicyclic) bond motifs is 1. The van der Waals surface area contributed by atoms with E-state index in [1.807, 2.05) is 0 Å². The molecule has 5 aliphatic rings. The molecule has 18 unspecified atom stereocenters. The van der Waals surface area contributed by atoms with E-state index in [0.29, 0.717) is 38.5 Å². The van der Waals surface area contributed by atoms with Crippen LogP contribution in [0.4, 0.5) is 0 Å². The topological polar surface area (TPSA) is 248 Å². The summed E-state index contributed by atoms with van der Waals surface area (Å²) < 4.78 is 30.0. The van der Waals surface area contributed by atoms with Gasteiger partial charge in [0.25, 0.3) is 0 Å². The first-order valence-corrected chi connectivity index (χ1v) is 15.0. The highest BCUT2D eigenvalue weighted by Gasteiger charge is 2.53. The van der Waals surface area contributed by atoms with E-state index in [2.05, 4.69) is 0 Å². The molecule has 0 amide bonds. The zero-order valence-corrected chi connectivity index (χ0v) is 23.3. The summed E-state index contributed by atoms with van der Waals surface area (Å²) in [7, 11) is 0. The Morgan fingerprint density at radius 2 is 1.19 bits per heavy atom. The van der Waals surface area contributed by atoms with Crippen LogP contribution in [0.3, 0.4) is 0 Å². The molecule has 5 rings (SSSR count). The Bertz CT molecular complexity index is 865. The van der Waals surface area contributed by atoms with Crippen LogP contribution >= 0.6 is 0 Å². The fourth-order valence-corrected chi connectivity index (χ4v) is 7.16. The number of aliphatic hydroxyl groups is 10. The molecule has 15 heteroatoms. The number of rotatable bonds is 7. The molecule has 0 bridgehead atoms. The normalized spacial score (nSPS) is 53.9. The lowest BCUT2D eigenvalue weighted by Gasteiger charge is -2.51. The Kier molecular flexibility index (Phi) is 10.8. The van der Waals surface area contributed by atoms with E-state index in [1.54, 1.807) is 0 Å². The van der Waals surface area contributed by atoms with Crippen LogP contribution in [-0.2, 0) is 23.7 Å². The zero-order valence-electron chi connectivity index (χ0n) is 23.3. The quantitative estimate of drug-likeness (QED) is 0.131. The predicted molar refractivity (Wildman–Crippen MR) is 137 cm³/mol. The fraction of sp³-hybridized carbons (Fsp3) is 1.00. The van der Waals surface area contributed by atoms with Crippen molar-refractivity contribution in [2.45, 2.75) is 143 Å². The van der Waals surface area contributed by atoms with Crippen molar-refractivity contribution in [3.8, 4) is 0 Å². The molecule has 15 nitrogen and oxygen atoms in total. The van der Waals surface area contributed by atoms with Gasteiger partial charge in [-0.15, -0.1) is 0 Å². The number of ether oxygens (including phenoxy) is 5. The van der Waals surface area contributed by atoms with E-state index >= 15 is 0 Å². The van der Waals surface area contributed by atoms with Crippen molar-refractivity contribution in [1.82, 2.24) is 0 Å². The molecule has 2 aliphatic carbocycles. The van der Waals surface area contributed by atoms with Gasteiger partial charge in [-0.25, -0.2) is 0 Å². The van der Waals surface area contributed by atoms with Crippen molar-refractivity contribution in [3.05, 3.63) is 0 Å². The lowest BCUT2D eigenvalue weighted by molar-refractivity contribution is -0.378. The highest BCUT2D eigenvalue weighted by atomic mass is 16.8. The molecule has 0 aromatic heterocycles. The van der Waals surface area contributed by atoms with Gasteiger partial charge >= 0.3 is 0 Å². The molecule has 3 heterocycles. The molecular formula is C27H46O15. The van der Waals surface area contributed by atoms with Gasteiger partial charge in [0.2, 0.25) is 0 Å². The summed E-state index contributed by atoms with van der Waals surface area (Å²) in [5.41, 5.74) is 0. The summed E-state index contributed by atoms with van der Waals surface area (Å²) in [6, 6.07) is 0. The van der Waals surface area contributed by atoms with Crippen molar-refractivity contribution in [1.29, 1.82) is 0 Å². The van der Waals surface area contributed by atoms with Gasteiger partial charge in [-0.05, 0) is 56.8 Å². The highest BCUT2D eigenvalue weighted by molar-refractivity contribution is 4.98. The predicted octanol–water partition coefficient (Wildman–Crippen LogP) is -4.16. The molecule has 5 fully saturated rings. The van der Waals surface area contributed by atoms with Crippen LogP contribution in [-0.4, -0.2) is 162 Å². The van der Waals surface area contributed by atoms with Crippen LogP contribution in [0.15, 0.2) is 0 Å². The average Bonchev–Trinajstić information content (AvgIpc) is 2.97. The third-order valence-electron chi connectivity index (χ3n) is 9.69. The standard InChI is InChI=1S/C27H46O15/c28-8-17-19(33)21(35)23(37)26(40-17)42-25-22(36)20(34)18(9-29)41-27(25)39-16-6-10-1-3-12(30)7-15(10)38-24(16)11-2-4-13(31)14(32)5-11/h10-37H,1-9H2. The molecule has 2 saturated carbocycles. The largest absolute Gasteiger partial charge is 0.394 e. The summed E-state index contributed by atoms with van der Waals surface area (Å²) in [6.45, 7) is -1.37. The van der Waals surface area contributed by atoms with Gasteiger partial charge in [-0.2, -0.15) is 0 Å². The van der Waals surface area contributed by atoms with Crippen molar-refractivity contribution < 1.29 is 74.7 Å². The first-order chi connectivity index (χ1) is 20.0. The smallest absolute Gasteiger partial charge is 0.187 e. The summed E-state index contributed by atoms with van der Waals surface area (Å²) in [4.78, 5) is 0. The summed E-state index contributed by atoms with van der Waals surface area (Å²) in [5.74, 6) is -0.183. The molecule has 10 N–H and O–H groups in total. The van der Waals surface area contributed by atoms with Crippen molar-refractivity contribution in [2.75, 3.05) is 13.2 Å². The van der Waals surface area contributed by atoms with Crippen LogP contribution < -0.4 is 0 Å². The lowest BCUT2D eigenvalue weighted by atomic mass is 9.73. The molecule has 0 spiro atoms. The second kappa shape index (κ2) is 13.8. The Labute approximate surface area is 243 Å². The van der Waals surface area contributed by atoms with E-state index in [9.17, 15) is 51.1 Å².